The maximum atomic E-state index is 12.4. The Morgan fingerprint density at radius 3 is 2.58 bits per heavy atom. The maximum Gasteiger partial charge on any atom is 0.344 e. The number of benzene rings is 2. The minimum Gasteiger partial charge on any atom is -0.497 e. The first-order chi connectivity index (χ1) is 15.9. The molecule has 174 valence electrons. The monoisotopic (exact) mass is 490 g/mol. The summed E-state index contributed by atoms with van der Waals surface area (Å²) in [5, 5.41) is 3.45. The molecule has 1 fully saturated rings. The number of amides is 1. The van der Waals surface area contributed by atoms with Crippen LogP contribution in [-0.4, -0.2) is 44.0 Å². The lowest BCUT2D eigenvalue weighted by Crippen LogP contribution is -2.19. The van der Waals surface area contributed by atoms with Crippen LogP contribution in [0.5, 0.6) is 17.2 Å². The number of hydrogen-bond donors (Lipinski definition) is 1. The molecule has 0 radical (unpaired) electrons. The molecule has 2 aromatic rings. The van der Waals surface area contributed by atoms with E-state index in [2.05, 4.69) is 10.3 Å². The number of methoxy groups -OCH3 is 1. The molecule has 1 heterocycles. The van der Waals surface area contributed by atoms with E-state index in [1.807, 2.05) is 6.92 Å². The van der Waals surface area contributed by atoms with Crippen molar-refractivity contribution in [1.29, 1.82) is 0 Å². The molecule has 1 aliphatic heterocycles. The second-order valence-corrected chi connectivity index (χ2v) is 7.97. The lowest BCUT2D eigenvalue weighted by Gasteiger charge is -2.14. The normalized spacial score (nSPS) is 15.5. The van der Waals surface area contributed by atoms with E-state index in [9.17, 15) is 9.59 Å². The Morgan fingerprint density at radius 1 is 1.15 bits per heavy atom. The van der Waals surface area contributed by atoms with Crippen LogP contribution in [0.15, 0.2) is 46.3 Å². The zero-order chi connectivity index (χ0) is 23.8. The first-order valence-electron chi connectivity index (χ1n) is 10.1. The van der Waals surface area contributed by atoms with Gasteiger partial charge in [-0.3, -0.25) is 4.79 Å². The van der Waals surface area contributed by atoms with E-state index in [0.29, 0.717) is 33.7 Å². The zero-order valence-corrected chi connectivity index (χ0v) is 19.9. The molecule has 0 spiro atoms. The van der Waals surface area contributed by atoms with Gasteiger partial charge in [-0.1, -0.05) is 11.6 Å². The van der Waals surface area contributed by atoms with Crippen molar-refractivity contribution in [3.05, 3.63) is 51.9 Å². The van der Waals surface area contributed by atoms with Crippen LogP contribution in [0.1, 0.15) is 19.4 Å². The Hall–Kier alpha value is -3.17. The maximum absolute atomic E-state index is 12.4. The number of thioether (sulfide) groups is 1. The summed E-state index contributed by atoms with van der Waals surface area (Å²) >= 11 is 7.60. The van der Waals surface area contributed by atoms with Crippen LogP contribution in [0.2, 0.25) is 5.02 Å². The number of nitrogens with one attached hydrogen (secondary N) is 1. The SMILES string of the molecule is CCOC(=O)COc1c(Cl)cc(/C=C2/SC(=Nc3ccc(OC)cc3)NC2=O)cc1OCC. The van der Waals surface area contributed by atoms with Gasteiger partial charge in [0.15, 0.2) is 23.3 Å². The third-order valence-corrected chi connectivity index (χ3v) is 5.41. The molecule has 2 aromatic carbocycles. The molecule has 0 aromatic heterocycles. The van der Waals surface area contributed by atoms with Gasteiger partial charge in [-0.25, -0.2) is 9.79 Å². The van der Waals surface area contributed by atoms with E-state index in [4.69, 9.17) is 30.5 Å². The van der Waals surface area contributed by atoms with E-state index in [0.717, 1.165) is 5.75 Å². The Bertz CT molecular complexity index is 1090. The lowest BCUT2D eigenvalue weighted by atomic mass is 10.2. The number of nitrogens with zero attached hydrogens (tertiary/aromatic N) is 1. The van der Waals surface area contributed by atoms with Crippen molar-refractivity contribution >= 4 is 52.2 Å². The number of amidine groups is 1. The molecule has 0 aliphatic carbocycles. The Morgan fingerprint density at radius 2 is 1.91 bits per heavy atom. The zero-order valence-electron chi connectivity index (χ0n) is 18.3. The predicted molar refractivity (Wildman–Crippen MR) is 129 cm³/mol. The van der Waals surface area contributed by atoms with Gasteiger partial charge in [-0.05, 0) is 73.6 Å². The minimum absolute atomic E-state index is 0.235. The van der Waals surface area contributed by atoms with Crippen LogP contribution in [0.4, 0.5) is 5.69 Å². The molecule has 1 amide bonds. The van der Waals surface area contributed by atoms with E-state index < -0.39 is 5.97 Å². The second-order valence-electron chi connectivity index (χ2n) is 6.54. The molecule has 1 aliphatic rings. The number of rotatable bonds is 9. The largest absolute Gasteiger partial charge is 0.497 e. The molecule has 0 atom stereocenters. The molecular weight excluding hydrogens is 468 g/mol. The molecule has 0 bridgehead atoms. The third-order valence-electron chi connectivity index (χ3n) is 4.22. The van der Waals surface area contributed by atoms with E-state index in [1.165, 1.54) is 11.8 Å². The van der Waals surface area contributed by atoms with Crippen LogP contribution in [0, 0.1) is 0 Å². The van der Waals surface area contributed by atoms with Gasteiger partial charge in [0.1, 0.15) is 5.75 Å². The van der Waals surface area contributed by atoms with Crippen LogP contribution in [-0.2, 0) is 14.3 Å². The fourth-order valence-electron chi connectivity index (χ4n) is 2.81. The average molecular weight is 491 g/mol. The lowest BCUT2D eigenvalue weighted by molar-refractivity contribution is -0.145. The summed E-state index contributed by atoms with van der Waals surface area (Å²) in [6.45, 7) is 3.85. The first kappa shape index (κ1) is 24.5. The fraction of sp³-hybridized carbons (Fsp3) is 0.261. The molecule has 1 N–H and O–H groups in total. The molecule has 0 unspecified atom stereocenters. The molecule has 0 saturated carbocycles. The van der Waals surface area contributed by atoms with Gasteiger partial charge in [-0.15, -0.1) is 0 Å². The van der Waals surface area contributed by atoms with Gasteiger partial charge in [0.05, 0.1) is 35.9 Å². The molecule has 8 nitrogen and oxygen atoms in total. The molecule has 10 heteroatoms. The Kier molecular flexibility index (Phi) is 8.62. The predicted octanol–water partition coefficient (Wildman–Crippen LogP) is 4.58. The van der Waals surface area contributed by atoms with Gasteiger partial charge < -0.3 is 24.3 Å². The van der Waals surface area contributed by atoms with E-state index in [1.54, 1.807) is 56.5 Å². The summed E-state index contributed by atoms with van der Waals surface area (Å²) in [7, 11) is 1.59. The number of aliphatic imine (C=N–C) groups is 1. The number of hydrogen-bond acceptors (Lipinski definition) is 8. The number of carbonyl (C=O) groups excluding carboxylic acids is 2. The standard InChI is InChI=1S/C23H23ClN2O6S/c1-4-30-18-11-14(10-17(24)21(18)32-13-20(27)31-5-2)12-19-22(28)26-23(33-19)25-15-6-8-16(29-3)9-7-15/h6-12H,4-5,13H2,1-3H3,(H,25,26,28)/b19-12+. The highest BCUT2D eigenvalue weighted by molar-refractivity contribution is 8.18. The van der Waals surface area contributed by atoms with Crippen LogP contribution in [0.3, 0.4) is 0 Å². The first-order valence-corrected chi connectivity index (χ1v) is 11.3. The molecular formula is C23H23ClN2O6S. The Balaban J connectivity index is 1.80. The number of ether oxygens (including phenoxy) is 4. The smallest absolute Gasteiger partial charge is 0.344 e. The van der Waals surface area contributed by atoms with Crippen molar-refractivity contribution in [3.63, 3.8) is 0 Å². The number of carbonyl (C=O) groups is 2. The summed E-state index contributed by atoms with van der Waals surface area (Å²) in [6, 6.07) is 10.5. The highest BCUT2D eigenvalue weighted by Crippen LogP contribution is 2.38. The molecule has 3 rings (SSSR count). The third kappa shape index (κ3) is 6.66. The van der Waals surface area contributed by atoms with E-state index >= 15 is 0 Å². The number of halogens is 1. The summed E-state index contributed by atoms with van der Waals surface area (Å²) in [6.07, 6.45) is 1.68. The average Bonchev–Trinajstić information content (AvgIpc) is 3.12. The Labute approximate surface area is 200 Å². The quantitative estimate of drug-likeness (QED) is 0.406. The van der Waals surface area contributed by atoms with Crippen LogP contribution in [0.25, 0.3) is 6.08 Å². The topological polar surface area (TPSA) is 95.5 Å². The van der Waals surface area contributed by atoms with Gasteiger partial charge >= 0.3 is 5.97 Å². The van der Waals surface area contributed by atoms with Crippen LogP contribution < -0.4 is 19.5 Å². The summed E-state index contributed by atoms with van der Waals surface area (Å²) in [5.41, 5.74) is 1.32. The highest BCUT2D eigenvalue weighted by Gasteiger charge is 2.24. The van der Waals surface area contributed by atoms with Gasteiger partial charge in [0, 0.05) is 0 Å². The second kappa shape index (κ2) is 11.6. The summed E-state index contributed by atoms with van der Waals surface area (Å²) in [5.74, 6) is 0.531. The minimum atomic E-state index is -0.509. The van der Waals surface area contributed by atoms with Crippen molar-refractivity contribution < 1.29 is 28.5 Å². The van der Waals surface area contributed by atoms with Crippen molar-refractivity contribution in [2.45, 2.75) is 13.8 Å². The van der Waals surface area contributed by atoms with Crippen molar-refractivity contribution in [2.75, 3.05) is 26.9 Å². The van der Waals surface area contributed by atoms with Crippen molar-refractivity contribution in [3.8, 4) is 17.2 Å². The van der Waals surface area contributed by atoms with Gasteiger partial charge in [0.25, 0.3) is 5.91 Å². The number of esters is 1. The van der Waals surface area contributed by atoms with Crippen molar-refractivity contribution in [1.82, 2.24) is 5.32 Å². The van der Waals surface area contributed by atoms with E-state index in [-0.39, 0.29) is 29.9 Å². The summed E-state index contributed by atoms with van der Waals surface area (Å²) < 4.78 is 21.2. The molecule has 1 saturated heterocycles. The van der Waals surface area contributed by atoms with Crippen LogP contribution >= 0.6 is 23.4 Å². The highest BCUT2D eigenvalue weighted by atomic mass is 35.5. The fourth-order valence-corrected chi connectivity index (χ4v) is 3.93. The van der Waals surface area contributed by atoms with Gasteiger partial charge in [-0.2, -0.15) is 0 Å². The van der Waals surface area contributed by atoms with Gasteiger partial charge in [0.2, 0.25) is 0 Å². The molecule has 33 heavy (non-hydrogen) atoms. The van der Waals surface area contributed by atoms with Crippen molar-refractivity contribution in [2.24, 2.45) is 4.99 Å². The summed E-state index contributed by atoms with van der Waals surface area (Å²) in [4.78, 5) is 29.0.